The molecule has 1 atom stereocenters. The Hall–Kier alpha value is -0.580. The van der Waals surface area contributed by atoms with Gasteiger partial charge >= 0.3 is 0 Å². The van der Waals surface area contributed by atoms with E-state index in [9.17, 15) is 5.11 Å². The molecule has 2 rings (SSSR count). The van der Waals surface area contributed by atoms with Crippen LogP contribution in [0.4, 0.5) is 0 Å². The van der Waals surface area contributed by atoms with Gasteiger partial charge in [0.1, 0.15) is 11.9 Å². The van der Waals surface area contributed by atoms with Crippen LogP contribution in [0.5, 0.6) is 0 Å². The molecule has 0 fully saturated rings. The number of hydrogen-bond acceptors (Lipinski definition) is 2. The van der Waals surface area contributed by atoms with Gasteiger partial charge in [0, 0.05) is 0 Å². The first-order valence-corrected chi connectivity index (χ1v) is 7.42. The Morgan fingerprint density at radius 2 is 1.89 bits per heavy atom. The third-order valence-electron chi connectivity index (χ3n) is 2.77. The lowest BCUT2D eigenvalue weighted by Crippen LogP contribution is -1.98. The van der Waals surface area contributed by atoms with E-state index in [4.69, 9.17) is 4.42 Å². The summed E-state index contributed by atoms with van der Waals surface area (Å²) in [4.78, 5) is 0. The Morgan fingerprint density at radius 1 is 1.22 bits per heavy atom. The van der Waals surface area contributed by atoms with Gasteiger partial charge in [-0.05, 0) is 55.5 Å². The maximum absolute atomic E-state index is 10.2. The zero-order chi connectivity index (χ0) is 13.1. The van der Waals surface area contributed by atoms with Crippen LogP contribution in [0.1, 0.15) is 36.3 Å². The van der Waals surface area contributed by atoms with Crippen molar-refractivity contribution in [2.24, 2.45) is 0 Å². The fraction of sp³-hybridized carbons (Fsp3) is 0.286. The molecule has 96 valence electrons. The highest BCUT2D eigenvalue weighted by Crippen LogP contribution is 2.32. The van der Waals surface area contributed by atoms with E-state index < -0.39 is 6.10 Å². The molecule has 2 nitrogen and oxygen atoms in total. The average molecular weight is 374 g/mol. The molecule has 1 N–H and O–H groups in total. The summed E-state index contributed by atoms with van der Waals surface area (Å²) >= 11 is 6.60. The standard InChI is InChI=1S/C14H14Br2O2/c1-2-3-9-4-6-10(7-5-9)13(17)12-8-11(15)14(16)18-12/h4-8,13,17H,2-3H2,1H3. The Morgan fingerprint density at radius 3 is 2.39 bits per heavy atom. The largest absolute Gasteiger partial charge is 0.450 e. The molecule has 0 saturated heterocycles. The smallest absolute Gasteiger partial charge is 0.183 e. The third kappa shape index (κ3) is 3.05. The molecule has 18 heavy (non-hydrogen) atoms. The molecule has 1 unspecified atom stereocenters. The van der Waals surface area contributed by atoms with Gasteiger partial charge in [-0.25, -0.2) is 0 Å². The van der Waals surface area contributed by atoms with Crippen LogP contribution in [0.2, 0.25) is 0 Å². The average Bonchev–Trinajstić information content (AvgIpc) is 2.70. The minimum absolute atomic E-state index is 0.525. The van der Waals surface area contributed by atoms with E-state index in [1.807, 2.05) is 12.1 Å². The summed E-state index contributed by atoms with van der Waals surface area (Å²) in [6.07, 6.45) is 1.46. The Balaban J connectivity index is 2.20. The van der Waals surface area contributed by atoms with Gasteiger partial charge in [-0.3, -0.25) is 0 Å². The quantitative estimate of drug-likeness (QED) is 0.831. The van der Waals surface area contributed by atoms with Gasteiger partial charge in [0.05, 0.1) is 4.47 Å². The number of rotatable bonds is 4. The molecular weight excluding hydrogens is 360 g/mol. The van der Waals surface area contributed by atoms with Gasteiger partial charge in [-0.1, -0.05) is 37.6 Å². The molecule has 4 heteroatoms. The highest BCUT2D eigenvalue weighted by atomic mass is 79.9. The fourth-order valence-corrected chi connectivity index (χ4v) is 2.43. The van der Waals surface area contributed by atoms with Crippen molar-refractivity contribution in [2.75, 3.05) is 0 Å². The molecule has 1 heterocycles. The first kappa shape index (κ1) is 13.8. The van der Waals surface area contributed by atoms with Crippen molar-refractivity contribution in [1.29, 1.82) is 0 Å². The van der Waals surface area contributed by atoms with Crippen molar-refractivity contribution in [2.45, 2.75) is 25.9 Å². The molecule has 0 spiro atoms. The maximum atomic E-state index is 10.2. The Bertz CT molecular complexity index is 498. The predicted octanol–water partition coefficient (Wildman–Crippen LogP) is 4.84. The Labute approximate surface area is 123 Å². The molecule has 0 bridgehead atoms. The van der Waals surface area contributed by atoms with Crippen LogP contribution in [0.3, 0.4) is 0 Å². The molecule has 0 aliphatic heterocycles. The van der Waals surface area contributed by atoms with Crippen LogP contribution >= 0.6 is 31.9 Å². The number of aliphatic hydroxyl groups excluding tert-OH is 1. The van der Waals surface area contributed by atoms with Crippen LogP contribution in [0, 0.1) is 0 Å². The highest BCUT2D eigenvalue weighted by molar-refractivity contribution is 9.13. The van der Waals surface area contributed by atoms with E-state index in [1.54, 1.807) is 6.07 Å². The molecular formula is C14H14Br2O2. The summed E-state index contributed by atoms with van der Waals surface area (Å²) in [5.41, 5.74) is 2.12. The summed E-state index contributed by atoms with van der Waals surface area (Å²) < 4.78 is 6.83. The Kier molecular flexibility index (Phi) is 4.65. The van der Waals surface area contributed by atoms with Crippen LogP contribution in [-0.2, 0) is 6.42 Å². The summed E-state index contributed by atoms with van der Waals surface area (Å²) in [6.45, 7) is 2.15. The van der Waals surface area contributed by atoms with Crippen molar-refractivity contribution in [3.8, 4) is 0 Å². The lowest BCUT2D eigenvalue weighted by molar-refractivity contribution is 0.187. The number of halogens is 2. The summed E-state index contributed by atoms with van der Waals surface area (Å²) in [7, 11) is 0. The molecule has 0 aliphatic rings. The van der Waals surface area contributed by atoms with Gasteiger partial charge in [-0.2, -0.15) is 0 Å². The molecule has 0 saturated carbocycles. The normalized spacial score (nSPS) is 12.7. The second-order valence-electron chi connectivity index (χ2n) is 4.16. The maximum Gasteiger partial charge on any atom is 0.183 e. The number of hydrogen-bond donors (Lipinski definition) is 1. The van der Waals surface area contributed by atoms with Crippen LogP contribution in [-0.4, -0.2) is 5.11 Å². The van der Waals surface area contributed by atoms with E-state index in [1.165, 1.54) is 5.56 Å². The second-order valence-corrected chi connectivity index (χ2v) is 5.74. The van der Waals surface area contributed by atoms with Crippen molar-refractivity contribution >= 4 is 31.9 Å². The molecule has 0 radical (unpaired) electrons. The lowest BCUT2D eigenvalue weighted by atomic mass is 10.0. The summed E-state index contributed by atoms with van der Waals surface area (Å²) in [5.74, 6) is 0.525. The van der Waals surface area contributed by atoms with E-state index in [2.05, 4.69) is 50.9 Å². The number of aliphatic hydroxyl groups is 1. The first-order chi connectivity index (χ1) is 8.61. The van der Waals surface area contributed by atoms with Gasteiger partial charge in [-0.15, -0.1) is 0 Å². The summed E-state index contributed by atoms with van der Waals surface area (Å²) in [6, 6.07) is 9.76. The molecule has 0 aliphatic carbocycles. The van der Waals surface area contributed by atoms with Crippen molar-refractivity contribution in [3.05, 3.63) is 56.4 Å². The monoisotopic (exact) mass is 372 g/mol. The zero-order valence-corrected chi connectivity index (χ0v) is 13.2. The SMILES string of the molecule is CCCc1ccc(C(O)c2cc(Br)c(Br)o2)cc1. The van der Waals surface area contributed by atoms with Gasteiger partial charge in [0.2, 0.25) is 0 Å². The molecule has 0 amide bonds. The van der Waals surface area contributed by atoms with Crippen molar-refractivity contribution in [3.63, 3.8) is 0 Å². The van der Waals surface area contributed by atoms with Gasteiger partial charge in [0.15, 0.2) is 4.67 Å². The van der Waals surface area contributed by atoms with E-state index in [-0.39, 0.29) is 0 Å². The van der Waals surface area contributed by atoms with Crippen LogP contribution < -0.4 is 0 Å². The van der Waals surface area contributed by atoms with E-state index in [0.717, 1.165) is 22.9 Å². The van der Waals surface area contributed by atoms with Crippen molar-refractivity contribution in [1.82, 2.24) is 0 Å². The van der Waals surface area contributed by atoms with Gasteiger partial charge < -0.3 is 9.52 Å². The molecule has 1 aromatic heterocycles. The minimum atomic E-state index is -0.733. The van der Waals surface area contributed by atoms with Crippen LogP contribution in [0.15, 0.2) is 43.9 Å². The summed E-state index contributed by atoms with van der Waals surface area (Å²) in [5, 5.41) is 10.2. The highest BCUT2D eigenvalue weighted by Gasteiger charge is 2.16. The van der Waals surface area contributed by atoms with E-state index >= 15 is 0 Å². The molecule has 1 aromatic carbocycles. The third-order valence-corrected chi connectivity index (χ3v) is 4.48. The number of furan rings is 1. The number of aryl methyl sites for hydroxylation is 1. The first-order valence-electron chi connectivity index (χ1n) is 5.83. The topological polar surface area (TPSA) is 33.4 Å². The molecule has 2 aromatic rings. The lowest BCUT2D eigenvalue weighted by Gasteiger charge is -2.08. The predicted molar refractivity (Wildman–Crippen MR) is 78.6 cm³/mol. The van der Waals surface area contributed by atoms with Crippen molar-refractivity contribution < 1.29 is 9.52 Å². The zero-order valence-electron chi connectivity index (χ0n) is 9.99. The van der Waals surface area contributed by atoms with E-state index in [0.29, 0.717) is 10.4 Å². The fourth-order valence-electron chi connectivity index (χ4n) is 1.82. The minimum Gasteiger partial charge on any atom is -0.450 e. The van der Waals surface area contributed by atoms with Gasteiger partial charge in [0.25, 0.3) is 0 Å². The second kappa shape index (κ2) is 6.04. The number of benzene rings is 1. The van der Waals surface area contributed by atoms with Crippen LogP contribution in [0.25, 0.3) is 0 Å².